The number of carbonyl (C=O) groups excluding carboxylic acids is 2. The third-order valence-corrected chi connectivity index (χ3v) is 4.03. The van der Waals surface area contributed by atoms with Gasteiger partial charge < -0.3 is 15.5 Å². The summed E-state index contributed by atoms with van der Waals surface area (Å²) in [5, 5.41) is 14.5. The summed E-state index contributed by atoms with van der Waals surface area (Å²) in [6, 6.07) is 8.55. The fraction of sp³-hybridized carbons (Fsp3) is 0.500. The SMILES string of the molecule is CC(C)(C)C(=O)N1CCC(NC(=O)Nc2ccc(C#N)cc2)CC1. The molecule has 0 aromatic heterocycles. The summed E-state index contributed by atoms with van der Waals surface area (Å²) in [4.78, 5) is 26.2. The van der Waals surface area contributed by atoms with Crippen LogP contribution in [0.4, 0.5) is 10.5 Å². The molecule has 1 aromatic carbocycles. The minimum atomic E-state index is -0.368. The molecule has 2 N–H and O–H groups in total. The van der Waals surface area contributed by atoms with E-state index in [2.05, 4.69) is 10.6 Å². The molecule has 6 nitrogen and oxygen atoms in total. The zero-order valence-electron chi connectivity index (χ0n) is 14.4. The largest absolute Gasteiger partial charge is 0.342 e. The number of nitrogens with one attached hydrogen (secondary N) is 2. The average Bonchev–Trinajstić information content (AvgIpc) is 2.54. The lowest BCUT2D eigenvalue weighted by Gasteiger charge is -2.35. The van der Waals surface area contributed by atoms with Crippen molar-refractivity contribution in [1.29, 1.82) is 5.26 Å². The second kappa shape index (κ2) is 7.35. The first-order valence-electron chi connectivity index (χ1n) is 8.16. The van der Waals surface area contributed by atoms with Gasteiger partial charge in [0.2, 0.25) is 5.91 Å². The van der Waals surface area contributed by atoms with Crippen LogP contribution in [0.1, 0.15) is 39.2 Å². The molecule has 3 amide bonds. The molecule has 1 heterocycles. The van der Waals surface area contributed by atoms with E-state index >= 15 is 0 Å². The lowest BCUT2D eigenvalue weighted by atomic mass is 9.93. The van der Waals surface area contributed by atoms with E-state index in [0.29, 0.717) is 24.3 Å². The zero-order valence-corrected chi connectivity index (χ0v) is 14.4. The van der Waals surface area contributed by atoms with Crippen LogP contribution >= 0.6 is 0 Å². The van der Waals surface area contributed by atoms with Crippen molar-refractivity contribution in [1.82, 2.24) is 10.2 Å². The molecule has 6 heteroatoms. The maximum absolute atomic E-state index is 12.2. The van der Waals surface area contributed by atoms with Gasteiger partial charge >= 0.3 is 6.03 Å². The van der Waals surface area contributed by atoms with Crippen molar-refractivity contribution in [2.45, 2.75) is 39.7 Å². The van der Waals surface area contributed by atoms with E-state index in [1.807, 2.05) is 31.7 Å². The third-order valence-electron chi connectivity index (χ3n) is 4.03. The molecule has 0 bridgehead atoms. The number of rotatable bonds is 2. The number of nitriles is 1. The fourth-order valence-corrected chi connectivity index (χ4v) is 2.68. The third kappa shape index (κ3) is 4.72. The molecule has 1 fully saturated rings. The van der Waals surface area contributed by atoms with Crippen LogP contribution in [0.5, 0.6) is 0 Å². The van der Waals surface area contributed by atoms with E-state index in [4.69, 9.17) is 5.26 Å². The van der Waals surface area contributed by atoms with Crippen molar-refractivity contribution in [3.05, 3.63) is 29.8 Å². The topological polar surface area (TPSA) is 85.2 Å². The maximum Gasteiger partial charge on any atom is 0.319 e. The lowest BCUT2D eigenvalue weighted by molar-refractivity contribution is -0.140. The molecular formula is C18H24N4O2. The minimum Gasteiger partial charge on any atom is -0.342 e. The van der Waals surface area contributed by atoms with Gasteiger partial charge in [0.05, 0.1) is 11.6 Å². The molecular weight excluding hydrogens is 304 g/mol. The van der Waals surface area contributed by atoms with Crippen LogP contribution in [-0.2, 0) is 4.79 Å². The maximum atomic E-state index is 12.2. The van der Waals surface area contributed by atoms with E-state index in [1.165, 1.54) is 0 Å². The number of nitrogens with zero attached hydrogens (tertiary/aromatic N) is 2. The van der Waals surface area contributed by atoms with E-state index < -0.39 is 0 Å². The van der Waals surface area contributed by atoms with Crippen LogP contribution < -0.4 is 10.6 Å². The summed E-state index contributed by atoms with van der Waals surface area (Å²) in [6.45, 7) is 7.09. The van der Waals surface area contributed by atoms with Crippen molar-refractivity contribution in [2.24, 2.45) is 5.41 Å². The van der Waals surface area contributed by atoms with E-state index in [-0.39, 0.29) is 23.4 Å². The number of likely N-dealkylation sites (tertiary alicyclic amines) is 1. The highest BCUT2D eigenvalue weighted by molar-refractivity contribution is 5.89. The number of hydrogen-bond acceptors (Lipinski definition) is 3. The first kappa shape index (κ1) is 17.8. The molecule has 0 radical (unpaired) electrons. The van der Waals surface area contributed by atoms with Gasteiger partial charge in [0.25, 0.3) is 0 Å². The molecule has 2 rings (SSSR count). The van der Waals surface area contributed by atoms with Gasteiger partial charge in [-0.1, -0.05) is 20.8 Å². The summed E-state index contributed by atoms with van der Waals surface area (Å²) in [5.74, 6) is 0.156. The zero-order chi connectivity index (χ0) is 17.7. The minimum absolute atomic E-state index is 0.0624. The molecule has 128 valence electrons. The van der Waals surface area contributed by atoms with Crippen LogP contribution in [0.25, 0.3) is 0 Å². The monoisotopic (exact) mass is 328 g/mol. The Labute approximate surface area is 142 Å². The Morgan fingerprint density at radius 2 is 1.75 bits per heavy atom. The molecule has 24 heavy (non-hydrogen) atoms. The van der Waals surface area contributed by atoms with Gasteiger partial charge in [-0.05, 0) is 37.1 Å². The van der Waals surface area contributed by atoms with Gasteiger partial charge in [-0.25, -0.2) is 4.79 Å². The van der Waals surface area contributed by atoms with Crippen LogP contribution in [-0.4, -0.2) is 36.0 Å². The quantitative estimate of drug-likeness (QED) is 0.875. The molecule has 1 aliphatic rings. The number of anilines is 1. The van der Waals surface area contributed by atoms with Crippen molar-refractivity contribution < 1.29 is 9.59 Å². The average molecular weight is 328 g/mol. The number of urea groups is 1. The molecule has 0 unspecified atom stereocenters. The van der Waals surface area contributed by atoms with Crippen molar-refractivity contribution >= 4 is 17.6 Å². The molecule has 0 atom stereocenters. The lowest BCUT2D eigenvalue weighted by Crippen LogP contribution is -2.49. The predicted octanol–water partition coefficient (Wildman–Crippen LogP) is 2.72. The van der Waals surface area contributed by atoms with Crippen LogP contribution in [0.15, 0.2) is 24.3 Å². The Morgan fingerprint density at radius 3 is 2.25 bits per heavy atom. The second-order valence-corrected chi connectivity index (χ2v) is 7.10. The first-order valence-corrected chi connectivity index (χ1v) is 8.16. The van der Waals surface area contributed by atoms with E-state index in [0.717, 1.165) is 12.8 Å². The molecule has 0 spiro atoms. The smallest absolute Gasteiger partial charge is 0.319 e. The normalized spacial score (nSPS) is 15.5. The molecule has 1 aromatic rings. The Hall–Kier alpha value is -2.55. The van der Waals surface area contributed by atoms with Crippen molar-refractivity contribution in [3.8, 4) is 6.07 Å². The van der Waals surface area contributed by atoms with Gasteiger partial charge in [0, 0.05) is 30.2 Å². The van der Waals surface area contributed by atoms with Gasteiger partial charge in [-0.3, -0.25) is 4.79 Å². The van der Waals surface area contributed by atoms with Gasteiger partial charge in [0.15, 0.2) is 0 Å². The Bertz CT molecular complexity index is 632. The summed E-state index contributed by atoms with van der Waals surface area (Å²) in [6.07, 6.45) is 1.51. The molecule has 0 aliphatic carbocycles. The Balaban J connectivity index is 1.80. The van der Waals surface area contributed by atoms with Crippen LogP contribution in [0.3, 0.4) is 0 Å². The number of amides is 3. The Morgan fingerprint density at radius 1 is 1.17 bits per heavy atom. The summed E-state index contributed by atoms with van der Waals surface area (Å²) in [5.41, 5.74) is 0.830. The molecule has 0 saturated carbocycles. The fourth-order valence-electron chi connectivity index (χ4n) is 2.68. The summed E-state index contributed by atoms with van der Waals surface area (Å²) < 4.78 is 0. The highest BCUT2D eigenvalue weighted by Crippen LogP contribution is 2.21. The predicted molar refractivity (Wildman–Crippen MR) is 92.4 cm³/mol. The highest BCUT2D eigenvalue weighted by Gasteiger charge is 2.30. The van der Waals surface area contributed by atoms with Gasteiger partial charge in [-0.15, -0.1) is 0 Å². The van der Waals surface area contributed by atoms with Gasteiger partial charge in [0.1, 0.15) is 0 Å². The summed E-state index contributed by atoms with van der Waals surface area (Å²) in [7, 11) is 0. The van der Waals surface area contributed by atoms with Crippen molar-refractivity contribution in [3.63, 3.8) is 0 Å². The first-order chi connectivity index (χ1) is 11.3. The standard InChI is InChI=1S/C18H24N4O2/c1-18(2,3)16(23)22-10-8-15(9-11-22)21-17(24)20-14-6-4-13(12-19)5-7-14/h4-7,15H,8-11H2,1-3H3,(H2,20,21,24). The van der Waals surface area contributed by atoms with E-state index in [9.17, 15) is 9.59 Å². The van der Waals surface area contributed by atoms with Crippen LogP contribution in [0, 0.1) is 16.7 Å². The van der Waals surface area contributed by atoms with Crippen molar-refractivity contribution in [2.75, 3.05) is 18.4 Å². The Kier molecular flexibility index (Phi) is 5.45. The van der Waals surface area contributed by atoms with E-state index in [1.54, 1.807) is 24.3 Å². The number of hydrogen-bond donors (Lipinski definition) is 2. The van der Waals surface area contributed by atoms with Crippen LogP contribution in [0.2, 0.25) is 0 Å². The highest BCUT2D eigenvalue weighted by atomic mass is 16.2. The molecule has 1 saturated heterocycles. The molecule has 1 aliphatic heterocycles. The summed E-state index contributed by atoms with van der Waals surface area (Å²) >= 11 is 0. The van der Waals surface area contributed by atoms with Gasteiger partial charge in [-0.2, -0.15) is 5.26 Å². The number of benzene rings is 1. The number of carbonyl (C=O) groups is 2. The second-order valence-electron chi connectivity index (χ2n) is 7.10. The number of piperidine rings is 1.